The van der Waals surface area contributed by atoms with Crippen LogP contribution in [0, 0.1) is 6.92 Å². The molecule has 2 rings (SSSR count). The van der Waals surface area contributed by atoms with E-state index in [1.165, 1.54) is 0 Å². The Morgan fingerprint density at radius 1 is 1.07 bits per heavy atom. The number of hydrogen-bond donors (Lipinski definition) is 4. The third kappa shape index (κ3) is 1.16. The first-order valence-electron chi connectivity index (χ1n) is 4.45. The number of rotatable bonds is 1. The van der Waals surface area contributed by atoms with Crippen molar-refractivity contribution in [1.82, 2.24) is 0 Å². The third-order valence-corrected chi connectivity index (χ3v) is 3.05. The molecule has 0 saturated carbocycles. The average molecular weight is 210 g/mol. The minimum atomic E-state index is 0.571. The molecule has 0 spiro atoms. The van der Waals surface area contributed by atoms with Gasteiger partial charge in [-0.25, -0.2) is 0 Å². The van der Waals surface area contributed by atoms with Crippen LogP contribution in [0.25, 0.3) is 0 Å². The first-order chi connectivity index (χ1) is 6.54. The molecular formula is C9H14N4S. The van der Waals surface area contributed by atoms with Gasteiger partial charge in [0.1, 0.15) is 0 Å². The monoisotopic (exact) mass is 210 g/mol. The van der Waals surface area contributed by atoms with Crippen molar-refractivity contribution in [1.29, 1.82) is 0 Å². The first kappa shape index (κ1) is 9.33. The van der Waals surface area contributed by atoms with Crippen LogP contribution in [0.4, 0.5) is 22.7 Å². The summed E-state index contributed by atoms with van der Waals surface area (Å²) in [6.07, 6.45) is 0. The van der Waals surface area contributed by atoms with E-state index in [2.05, 4.69) is 17.5 Å². The number of thiol groups is 1. The van der Waals surface area contributed by atoms with E-state index in [9.17, 15) is 0 Å². The summed E-state index contributed by atoms with van der Waals surface area (Å²) in [5, 5.41) is 0. The van der Waals surface area contributed by atoms with Crippen molar-refractivity contribution in [2.75, 3.05) is 35.2 Å². The van der Waals surface area contributed by atoms with Gasteiger partial charge < -0.3 is 22.1 Å². The highest BCUT2D eigenvalue weighted by Gasteiger charge is 2.26. The van der Waals surface area contributed by atoms with E-state index < -0.39 is 0 Å². The lowest BCUT2D eigenvalue weighted by Gasteiger charge is -2.17. The van der Waals surface area contributed by atoms with Crippen LogP contribution in [0.15, 0.2) is 4.90 Å². The molecule has 1 aliphatic heterocycles. The maximum atomic E-state index is 5.92. The fourth-order valence-electron chi connectivity index (χ4n) is 1.50. The summed E-state index contributed by atoms with van der Waals surface area (Å²) < 4.78 is 0. The molecular weight excluding hydrogens is 196 g/mol. The predicted octanol–water partition coefficient (Wildman–Crippen LogP) is 0.850. The van der Waals surface area contributed by atoms with E-state index in [0.717, 1.165) is 29.2 Å². The normalized spacial score (nSPS) is 14.6. The Morgan fingerprint density at radius 3 is 2.14 bits per heavy atom. The molecule has 0 bridgehead atoms. The summed E-state index contributed by atoms with van der Waals surface area (Å²) in [6.45, 7) is 3.85. The summed E-state index contributed by atoms with van der Waals surface area (Å²) in [5.41, 5.74) is 21.2. The first-order valence-corrected chi connectivity index (χ1v) is 4.89. The van der Waals surface area contributed by atoms with Gasteiger partial charge >= 0.3 is 0 Å². The average Bonchev–Trinajstić information content (AvgIpc) is 2.96. The Balaban J connectivity index is 2.69. The van der Waals surface area contributed by atoms with Gasteiger partial charge in [-0.1, -0.05) is 0 Å². The lowest BCUT2D eigenvalue weighted by molar-refractivity contribution is 1.29. The summed E-state index contributed by atoms with van der Waals surface area (Å²) in [5.74, 6) is 0. The van der Waals surface area contributed by atoms with Gasteiger partial charge in [0.05, 0.1) is 27.6 Å². The van der Waals surface area contributed by atoms with Gasteiger partial charge in [-0.15, -0.1) is 12.6 Å². The fraction of sp³-hybridized carbons (Fsp3) is 0.333. The molecule has 0 amide bonds. The molecule has 6 N–H and O–H groups in total. The topological polar surface area (TPSA) is 81.1 Å². The quantitative estimate of drug-likeness (QED) is 0.315. The van der Waals surface area contributed by atoms with Crippen LogP contribution in [-0.2, 0) is 0 Å². The Kier molecular flexibility index (Phi) is 1.92. The SMILES string of the molecule is Cc1c(N)c(N)c(N2CC2)c(S)c1N. The molecule has 1 aromatic carbocycles. The zero-order valence-corrected chi connectivity index (χ0v) is 8.94. The second kappa shape index (κ2) is 2.88. The van der Waals surface area contributed by atoms with Crippen LogP contribution >= 0.6 is 12.6 Å². The standard InChI is InChI=1S/C9H14N4S/c1-4-5(10)7(12)8(13-2-3-13)9(14)6(4)11/h14H,2-3,10-12H2,1H3. The van der Waals surface area contributed by atoms with Crippen LogP contribution in [0.3, 0.4) is 0 Å². The molecule has 5 heteroatoms. The summed E-state index contributed by atoms with van der Waals surface area (Å²) in [6, 6.07) is 0. The predicted molar refractivity (Wildman–Crippen MR) is 63.9 cm³/mol. The molecule has 0 atom stereocenters. The van der Waals surface area contributed by atoms with Gasteiger partial charge in [0.25, 0.3) is 0 Å². The van der Waals surface area contributed by atoms with Gasteiger partial charge in [0.2, 0.25) is 0 Å². The van der Waals surface area contributed by atoms with Gasteiger partial charge in [-0.05, 0) is 12.5 Å². The number of nitrogens with zero attached hydrogens (tertiary/aromatic N) is 1. The van der Waals surface area contributed by atoms with Gasteiger partial charge in [0.15, 0.2) is 0 Å². The Morgan fingerprint density at radius 2 is 1.64 bits per heavy atom. The highest BCUT2D eigenvalue weighted by molar-refractivity contribution is 7.80. The second-order valence-electron chi connectivity index (χ2n) is 3.55. The van der Waals surface area contributed by atoms with E-state index in [-0.39, 0.29) is 0 Å². The van der Waals surface area contributed by atoms with Crippen molar-refractivity contribution in [2.24, 2.45) is 0 Å². The minimum Gasteiger partial charge on any atom is -0.397 e. The van der Waals surface area contributed by atoms with Crippen molar-refractivity contribution in [3.05, 3.63) is 5.56 Å². The maximum Gasteiger partial charge on any atom is 0.0801 e. The molecule has 0 aromatic heterocycles. The minimum absolute atomic E-state index is 0.571. The molecule has 1 heterocycles. The Bertz CT molecular complexity index is 369. The molecule has 0 radical (unpaired) electrons. The number of nitrogen functional groups attached to an aromatic ring is 3. The highest BCUT2D eigenvalue weighted by Crippen LogP contribution is 2.44. The molecule has 0 unspecified atom stereocenters. The van der Waals surface area contributed by atoms with Crippen molar-refractivity contribution < 1.29 is 0 Å². The fourth-order valence-corrected chi connectivity index (χ4v) is 1.93. The van der Waals surface area contributed by atoms with Crippen LogP contribution in [0.1, 0.15) is 5.56 Å². The van der Waals surface area contributed by atoms with Gasteiger partial charge in [0, 0.05) is 13.1 Å². The lowest BCUT2D eigenvalue weighted by Crippen LogP contribution is -2.07. The van der Waals surface area contributed by atoms with Crippen LogP contribution in [0.5, 0.6) is 0 Å². The Labute approximate surface area is 88.5 Å². The van der Waals surface area contributed by atoms with E-state index in [4.69, 9.17) is 17.2 Å². The molecule has 1 saturated heterocycles. The van der Waals surface area contributed by atoms with Crippen LogP contribution < -0.4 is 22.1 Å². The summed E-state index contributed by atoms with van der Waals surface area (Å²) in [4.78, 5) is 2.84. The number of hydrogen-bond acceptors (Lipinski definition) is 5. The van der Waals surface area contributed by atoms with Gasteiger partial charge in [-0.3, -0.25) is 0 Å². The van der Waals surface area contributed by atoms with Gasteiger partial charge in [-0.2, -0.15) is 0 Å². The smallest absolute Gasteiger partial charge is 0.0801 e. The van der Waals surface area contributed by atoms with Crippen molar-refractivity contribution in [3.8, 4) is 0 Å². The van der Waals surface area contributed by atoms with Crippen molar-refractivity contribution in [3.63, 3.8) is 0 Å². The van der Waals surface area contributed by atoms with Crippen molar-refractivity contribution in [2.45, 2.75) is 11.8 Å². The van der Waals surface area contributed by atoms with E-state index in [0.29, 0.717) is 17.1 Å². The van der Waals surface area contributed by atoms with E-state index in [1.54, 1.807) is 0 Å². The zero-order valence-electron chi connectivity index (χ0n) is 8.04. The zero-order chi connectivity index (χ0) is 10.5. The summed E-state index contributed by atoms with van der Waals surface area (Å²) in [7, 11) is 0. The molecule has 14 heavy (non-hydrogen) atoms. The van der Waals surface area contributed by atoms with Crippen LogP contribution in [0.2, 0.25) is 0 Å². The van der Waals surface area contributed by atoms with E-state index in [1.807, 2.05) is 6.92 Å². The maximum absolute atomic E-state index is 5.92. The highest BCUT2D eigenvalue weighted by atomic mass is 32.1. The third-order valence-electron chi connectivity index (χ3n) is 2.60. The number of benzene rings is 1. The Hall–Kier alpha value is -1.23. The molecule has 1 aliphatic rings. The molecule has 1 aromatic rings. The second-order valence-corrected chi connectivity index (χ2v) is 4.00. The van der Waals surface area contributed by atoms with E-state index >= 15 is 0 Å². The number of anilines is 4. The van der Waals surface area contributed by atoms with Crippen molar-refractivity contribution >= 4 is 35.4 Å². The molecule has 1 fully saturated rings. The molecule has 0 aliphatic carbocycles. The number of nitrogens with two attached hydrogens (primary N) is 3. The largest absolute Gasteiger partial charge is 0.397 e. The summed E-state index contributed by atoms with van der Waals surface area (Å²) >= 11 is 4.38. The molecule has 76 valence electrons. The van der Waals surface area contributed by atoms with Crippen LogP contribution in [-0.4, -0.2) is 13.1 Å². The molecule has 4 nitrogen and oxygen atoms in total. The lowest BCUT2D eigenvalue weighted by atomic mass is 10.1.